The third-order valence-electron chi connectivity index (χ3n) is 4.49. The number of hydrogen-bond acceptors (Lipinski definition) is 2. The molecule has 2 fully saturated rings. The summed E-state index contributed by atoms with van der Waals surface area (Å²) in [5, 5.41) is 7.30. The minimum absolute atomic E-state index is 0.294. The zero-order valence-electron chi connectivity index (χ0n) is 9.92. The van der Waals surface area contributed by atoms with Crippen molar-refractivity contribution in [2.45, 2.75) is 31.8 Å². The SMILES string of the molecule is C[C@@]1(NCc2ccccc2)CNCC12CC2. The second-order valence-corrected chi connectivity index (χ2v) is 5.56. The second kappa shape index (κ2) is 3.57. The highest BCUT2D eigenvalue weighted by atomic mass is 15.1. The molecule has 0 bridgehead atoms. The van der Waals surface area contributed by atoms with Crippen LogP contribution in [0.15, 0.2) is 30.3 Å². The Morgan fingerprint density at radius 1 is 1.19 bits per heavy atom. The van der Waals surface area contributed by atoms with E-state index in [1.54, 1.807) is 0 Å². The first kappa shape index (κ1) is 10.3. The lowest BCUT2D eigenvalue weighted by Gasteiger charge is -2.32. The summed E-state index contributed by atoms with van der Waals surface area (Å²) in [5.74, 6) is 0. The van der Waals surface area contributed by atoms with Gasteiger partial charge >= 0.3 is 0 Å². The van der Waals surface area contributed by atoms with Gasteiger partial charge in [0.1, 0.15) is 0 Å². The van der Waals surface area contributed by atoms with Gasteiger partial charge in [-0.15, -0.1) is 0 Å². The molecule has 1 aromatic carbocycles. The summed E-state index contributed by atoms with van der Waals surface area (Å²) in [6.07, 6.45) is 2.77. The zero-order chi connectivity index (χ0) is 11.1. The molecule has 0 unspecified atom stereocenters. The minimum Gasteiger partial charge on any atom is -0.314 e. The molecule has 1 aliphatic carbocycles. The van der Waals surface area contributed by atoms with E-state index in [0.29, 0.717) is 11.0 Å². The molecule has 1 spiro atoms. The Labute approximate surface area is 97.4 Å². The average molecular weight is 216 g/mol. The second-order valence-electron chi connectivity index (χ2n) is 5.56. The van der Waals surface area contributed by atoms with Crippen molar-refractivity contribution in [3.05, 3.63) is 35.9 Å². The van der Waals surface area contributed by atoms with Gasteiger partial charge in [0.05, 0.1) is 0 Å². The van der Waals surface area contributed by atoms with Crippen molar-refractivity contribution in [2.24, 2.45) is 5.41 Å². The number of nitrogens with one attached hydrogen (secondary N) is 2. The molecule has 2 heteroatoms. The number of rotatable bonds is 3. The zero-order valence-corrected chi connectivity index (χ0v) is 9.92. The fourth-order valence-electron chi connectivity index (χ4n) is 2.96. The Kier molecular flexibility index (Phi) is 2.30. The Balaban J connectivity index is 1.67. The molecule has 1 saturated carbocycles. The van der Waals surface area contributed by atoms with Crippen molar-refractivity contribution < 1.29 is 0 Å². The summed E-state index contributed by atoms with van der Waals surface area (Å²) < 4.78 is 0. The first-order valence-corrected chi connectivity index (χ1v) is 6.24. The third-order valence-corrected chi connectivity index (χ3v) is 4.49. The van der Waals surface area contributed by atoms with E-state index in [2.05, 4.69) is 47.9 Å². The summed E-state index contributed by atoms with van der Waals surface area (Å²) in [5.41, 5.74) is 2.23. The molecule has 0 radical (unpaired) electrons. The molecular formula is C14H20N2. The Hall–Kier alpha value is -0.860. The molecule has 86 valence electrons. The van der Waals surface area contributed by atoms with Crippen molar-refractivity contribution in [1.82, 2.24) is 10.6 Å². The van der Waals surface area contributed by atoms with Gasteiger partial charge in [-0.05, 0) is 25.3 Å². The predicted molar refractivity (Wildman–Crippen MR) is 66.2 cm³/mol. The highest BCUT2D eigenvalue weighted by molar-refractivity contribution is 5.19. The van der Waals surface area contributed by atoms with Crippen LogP contribution in [0.3, 0.4) is 0 Å². The third kappa shape index (κ3) is 1.57. The molecule has 1 aromatic rings. The van der Waals surface area contributed by atoms with Crippen LogP contribution in [-0.4, -0.2) is 18.6 Å². The molecule has 2 aliphatic rings. The highest BCUT2D eigenvalue weighted by Gasteiger charge is 2.59. The topological polar surface area (TPSA) is 24.1 Å². The van der Waals surface area contributed by atoms with Gasteiger partial charge in [0.15, 0.2) is 0 Å². The highest BCUT2D eigenvalue weighted by Crippen LogP contribution is 2.55. The van der Waals surface area contributed by atoms with Crippen LogP contribution < -0.4 is 10.6 Å². The number of hydrogen-bond donors (Lipinski definition) is 2. The van der Waals surface area contributed by atoms with Crippen molar-refractivity contribution in [3.8, 4) is 0 Å². The molecule has 2 N–H and O–H groups in total. The van der Waals surface area contributed by atoms with Gasteiger partial charge in [-0.1, -0.05) is 30.3 Å². The summed E-state index contributed by atoms with van der Waals surface area (Å²) >= 11 is 0. The fraction of sp³-hybridized carbons (Fsp3) is 0.571. The maximum atomic E-state index is 3.76. The monoisotopic (exact) mass is 216 g/mol. The van der Waals surface area contributed by atoms with Gasteiger partial charge in [0.2, 0.25) is 0 Å². The maximum Gasteiger partial charge on any atom is 0.0349 e. The van der Waals surface area contributed by atoms with Crippen LogP contribution in [0.5, 0.6) is 0 Å². The molecule has 2 nitrogen and oxygen atoms in total. The average Bonchev–Trinajstić information content (AvgIpc) is 3.02. The number of benzene rings is 1. The largest absolute Gasteiger partial charge is 0.314 e. The van der Waals surface area contributed by atoms with Crippen molar-refractivity contribution in [2.75, 3.05) is 13.1 Å². The van der Waals surface area contributed by atoms with Crippen molar-refractivity contribution >= 4 is 0 Å². The first-order valence-electron chi connectivity index (χ1n) is 6.24. The molecule has 16 heavy (non-hydrogen) atoms. The van der Waals surface area contributed by atoms with Crippen LogP contribution in [0, 0.1) is 5.41 Å². The van der Waals surface area contributed by atoms with Gasteiger partial charge in [0, 0.05) is 30.6 Å². The van der Waals surface area contributed by atoms with E-state index in [9.17, 15) is 0 Å². The molecule has 1 atom stereocenters. The van der Waals surface area contributed by atoms with E-state index in [1.165, 1.54) is 24.9 Å². The van der Waals surface area contributed by atoms with E-state index in [-0.39, 0.29) is 0 Å². The quantitative estimate of drug-likeness (QED) is 0.806. The van der Waals surface area contributed by atoms with E-state index in [4.69, 9.17) is 0 Å². The minimum atomic E-state index is 0.294. The fourth-order valence-corrected chi connectivity index (χ4v) is 2.96. The predicted octanol–water partition coefficient (Wildman–Crippen LogP) is 1.92. The van der Waals surface area contributed by atoms with Crippen molar-refractivity contribution in [1.29, 1.82) is 0 Å². The summed E-state index contributed by atoms with van der Waals surface area (Å²) in [4.78, 5) is 0. The first-order chi connectivity index (χ1) is 7.74. The maximum absolute atomic E-state index is 3.76. The molecule has 0 aromatic heterocycles. The van der Waals surface area contributed by atoms with Crippen LogP contribution >= 0.6 is 0 Å². The van der Waals surface area contributed by atoms with Gasteiger partial charge in [0.25, 0.3) is 0 Å². The lowest BCUT2D eigenvalue weighted by Crippen LogP contribution is -2.49. The lowest BCUT2D eigenvalue weighted by atomic mass is 9.85. The lowest BCUT2D eigenvalue weighted by molar-refractivity contribution is 0.271. The van der Waals surface area contributed by atoms with E-state index >= 15 is 0 Å². The van der Waals surface area contributed by atoms with Crippen LogP contribution in [0.25, 0.3) is 0 Å². The van der Waals surface area contributed by atoms with Gasteiger partial charge < -0.3 is 10.6 Å². The summed E-state index contributed by atoms with van der Waals surface area (Å²) in [6, 6.07) is 10.7. The normalized spacial score (nSPS) is 30.8. The smallest absolute Gasteiger partial charge is 0.0349 e. The Morgan fingerprint density at radius 3 is 2.62 bits per heavy atom. The Bertz CT molecular complexity index is 370. The molecule has 1 saturated heterocycles. The summed E-state index contributed by atoms with van der Waals surface area (Å²) in [6.45, 7) is 5.68. The van der Waals surface area contributed by atoms with Crippen LogP contribution in [0.1, 0.15) is 25.3 Å². The molecular weight excluding hydrogens is 196 g/mol. The van der Waals surface area contributed by atoms with Crippen LogP contribution in [-0.2, 0) is 6.54 Å². The van der Waals surface area contributed by atoms with E-state index in [1.807, 2.05) is 0 Å². The van der Waals surface area contributed by atoms with Gasteiger partial charge in [-0.3, -0.25) is 0 Å². The molecule has 1 aliphatic heterocycles. The van der Waals surface area contributed by atoms with Crippen LogP contribution in [0.4, 0.5) is 0 Å². The van der Waals surface area contributed by atoms with E-state index in [0.717, 1.165) is 13.1 Å². The summed E-state index contributed by atoms with van der Waals surface area (Å²) in [7, 11) is 0. The Morgan fingerprint density at radius 2 is 1.94 bits per heavy atom. The standard InChI is InChI=1S/C14H20N2/c1-13(10-15-11-14(13)7-8-14)16-9-12-5-3-2-4-6-12/h2-6,15-16H,7-11H2,1H3/t13-/m1/s1. The van der Waals surface area contributed by atoms with Crippen LogP contribution in [0.2, 0.25) is 0 Å². The van der Waals surface area contributed by atoms with Gasteiger partial charge in [-0.25, -0.2) is 0 Å². The molecule has 3 rings (SSSR count). The molecule has 1 heterocycles. The molecule has 0 amide bonds. The van der Waals surface area contributed by atoms with Crippen molar-refractivity contribution in [3.63, 3.8) is 0 Å². The van der Waals surface area contributed by atoms with Gasteiger partial charge in [-0.2, -0.15) is 0 Å². The van der Waals surface area contributed by atoms with E-state index < -0.39 is 0 Å².